The number of anilines is 1. The van der Waals surface area contributed by atoms with Crippen LogP contribution >= 0.6 is 11.6 Å². The molecule has 0 unspecified atom stereocenters. The van der Waals surface area contributed by atoms with Crippen molar-refractivity contribution in [2.45, 2.75) is 44.7 Å². The van der Waals surface area contributed by atoms with Gasteiger partial charge in [-0.25, -0.2) is 12.8 Å². The lowest BCUT2D eigenvalue weighted by molar-refractivity contribution is -0.139. The van der Waals surface area contributed by atoms with Gasteiger partial charge in [-0.1, -0.05) is 36.7 Å². The van der Waals surface area contributed by atoms with Crippen molar-refractivity contribution in [2.75, 3.05) is 24.0 Å². The van der Waals surface area contributed by atoms with Gasteiger partial charge in [0.25, 0.3) is 10.0 Å². The van der Waals surface area contributed by atoms with E-state index in [4.69, 9.17) is 16.3 Å². The van der Waals surface area contributed by atoms with Crippen molar-refractivity contribution < 1.29 is 27.1 Å². The molecule has 0 aliphatic carbocycles. The second-order valence-electron chi connectivity index (χ2n) is 8.97. The lowest BCUT2D eigenvalue weighted by atomic mass is 10.1. The number of sulfonamides is 1. The van der Waals surface area contributed by atoms with Crippen LogP contribution in [0.25, 0.3) is 0 Å². The van der Waals surface area contributed by atoms with Crippen LogP contribution in [0.4, 0.5) is 10.1 Å². The second-order valence-corrected chi connectivity index (χ2v) is 11.3. The fraction of sp³-hybridized carbons (Fsp3) is 0.310. The Morgan fingerprint density at radius 2 is 1.65 bits per heavy atom. The number of hydrogen-bond donors (Lipinski definition) is 1. The van der Waals surface area contributed by atoms with Crippen LogP contribution in [-0.2, 0) is 26.2 Å². The maximum Gasteiger partial charge on any atom is 0.264 e. The molecular formula is C29H33ClFN3O5S. The number of nitrogens with one attached hydrogen (secondary N) is 1. The molecule has 3 aromatic carbocycles. The molecule has 0 saturated heterocycles. The van der Waals surface area contributed by atoms with Gasteiger partial charge in [0.1, 0.15) is 24.2 Å². The van der Waals surface area contributed by atoms with Gasteiger partial charge in [-0.05, 0) is 74.9 Å². The van der Waals surface area contributed by atoms with Crippen LogP contribution in [0.1, 0.15) is 32.8 Å². The molecule has 3 aromatic rings. The molecule has 40 heavy (non-hydrogen) atoms. The maximum atomic E-state index is 14.6. The zero-order chi connectivity index (χ0) is 29.3. The summed E-state index contributed by atoms with van der Waals surface area (Å²) in [5, 5.41) is 3.10. The van der Waals surface area contributed by atoms with E-state index in [1.807, 2.05) is 13.8 Å². The summed E-state index contributed by atoms with van der Waals surface area (Å²) in [6.45, 7) is 5.19. The van der Waals surface area contributed by atoms with Crippen molar-refractivity contribution in [1.29, 1.82) is 0 Å². The van der Waals surface area contributed by atoms with Crippen LogP contribution in [-0.4, -0.2) is 50.9 Å². The number of carbonyl (C=O) groups is 2. The molecule has 0 aliphatic heterocycles. The molecular weight excluding hydrogens is 557 g/mol. The van der Waals surface area contributed by atoms with Crippen molar-refractivity contribution in [2.24, 2.45) is 0 Å². The predicted octanol–water partition coefficient (Wildman–Crippen LogP) is 5.02. The highest BCUT2D eigenvalue weighted by Gasteiger charge is 2.32. The van der Waals surface area contributed by atoms with Crippen LogP contribution in [0.2, 0.25) is 5.02 Å². The Morgan fingerprint density at radius 1 is 1.00 bits per heavy atom. The highest BCUT2D eigenvalue weighted by molar-refractivity contribution is 7.92. The van der Waals surface area contributed by atoms with Crippen LogP contribution in [0.5, 0.6) is 5.75 Å². The van der Waals surface area contributed by atoms with Crippen molar-refractivity contribution in [3.05, 3.63) is 89.2 Å². The van der Waals surface area contributed by atoms with E-state index in [2.05, 4.69) is 5.32 Å². The monoisotopic (exact) mass is 589 g/mol. The molecule has 0 bridgehead atoms. The van der Waals surface area contributed by atoms with E-state index < -0.39 is 40.2 Å². The van der Waals surface area contributed by atoms with Crippen LogP contribution in [0, 0.1) is 5.82 Å². The highest BCUT2D eigenvalue weighted by atomic mass is 35.5. The Balaban J connectivity index is 2.03. The number of ether oxygens (including phenoxy) is 1. The topological polar surface area (TPSA) is 96.0 Å². The minimum Gasteiger partial charge on any atom is -0.494 e. The van der Waals surface area contributed by atoms with E-state index >= 15 is 0 Å². The van der Waals surface area contributed by atoms with Gasteiger partial charge in [0.2, 0.25) is 11.8 Å². The molecule has 0 saturated carbocycles. The van der Waals surface area contributed by atoms with E-state index in [-0.39, 0.29) is 22.7 Å². The average molecular weight is 590 g/mol. The molecule has 0 aliphatic rings. The van der Waals surface area contributed by atoms with Gasteiger partial charge in [-0.2, -0.15) is 0 Å². The van der Waals surface area contributed by atoms with Gasteiger partial charge in [0.05, 0.1) is 17.2 Å². The third-order valence-electron chi connectivity index (χ3n) is 6.13. The Kier molecular flexibility index (Phi) is 10.9. The van der Waals surface area contributed by atoms with Gasteiger partial charge >= 0.3 is 0 Å². The van der Waals surface area contributed by atoms with Gasteiger partial charge in [0, 0.05) is 23.7 Å². The van der Waals surface area contributed by atoms with Crippen LogP contribution in [0.3, 0.4) is 0 Å². The summed E-state index contributed by atoms with van der Waals surface area (Å²) in [4.78, 5) is 27.8. The number of benzene rings is 3. The zero-order valence-electron chi connectivity index (χ0n) is 22.6. The molecule has 0 fully saturated rings. The van der Waals surface area contributed by atoms with Crippen LogP contribution < -0.4 is 14.4 Å². The summed E-state index contributed by atoms with van der Waals surface area (Å²) in [6.07, 6.45) is 0.685. The van der Waals surface area contributed by atoms with E-state index in [9.17, 15) is 22.4 Å². The number of hydrogen-bond acceptors (Lipinski definition) is 5. The first-order chi connectivity index (χ1) is 19.1. The number of amides is 2. The molecule has 214 valence electrons. The number of rotatable bonds is 13. The second kappa shape index (κ2) is 14.1. The lowest BCUT2D eigenvalue weighted by Gasteiger charge is -2.32. The number of halogens is 2. The Morgan fingerprint density at radius 3 is 2.25 bits per heavy atom. The molecule has 2 amide bonds. The zero-order valence-corrected chi connectivity index (χ0v) is 24.2. The van der Waals surface area contributed by atoms with Gasteiger partial charge in [0.15, 0.2) is 0 Å². The van der Waals surface area contributed by atoms with Crippen molar-refractivity contribution >= 4 is 39.1 Å². The fourth-order valence-corrected chi connectivity index (χ4v) is 5.47. The number of carbonyl (C=O) groups excluding carboxylic acids is 2. The standard InChI is InChI=1S/C29H33ClFN3O5S/c1-4-18-32-29(36)21(3)33(19-22-8-6-7-9-27(22)31)28(35)20-34(24-12-14-25(15-13-24)39-5-2)40(37,38)26-16-10-23(30)11-17-26/h6-17,21H,4-5,18-20H2,1-3H3,(H,32,36)/t21-/m1/s1. The first kappa shape index (κ1) is 30.9. The smallest absolute Gasteiger partial charge is 0.264 e. The quantitative estimate of drug-likeness (QED) is 0.302. The first-order valence-corrected chi connectivity index (χ1v) is 14.7. The third-order valence-corrected chi connectivity index (χ3v) is 8.17. The molecule has 0 spiro atoms. The fourth-order valence-electron chi connectivity index (χ4n) is 3.93. The summed E-state index contributed by atoms with van der Waals surface area (Å²) in [6, 6.07) is 16.8. The number of nitrogens with zero attached hydrogens (tertiary/aromatic N) is 2. The predicted molar refractivity (Wildman–Crippen MR) is 153 cm³/mol. The summed E-state index contributed by atoms with van der Waals surface area (Å²) >= 11 is 5.97. The molecule has 1 N–H and O–H groups in total. The molecule has 0 radical (unpaired) electrons. The Bertz CT molecular complexity index is 1400. The van der Waals surface area contributed by atoms with E-state index in [1.54, 1.807) is 18.2 Å². The molecule has 0 aromatic heterocycles. The van der Waals surface area contributed by atoms with Crippen molar-refractivity contribution in [1.82, 2.24) is 10.2 Å². The SMILES string of the molecule is CCCNC(=O)[C@@H](C)N(Cc1ccccc1F)C(=O)CN(c1ccc(OCC)cc1)S(=O)(=O)c1ccc(Cl)cc1. The molecule has 11 heteroatoms. The van der Waals surface area contributed by atoms with Gasteiger partial charge < -0.3 is 15.0 Å². The van der Waals surface area contributed by atoms with E-state index in [0.717, 1.165) is 4.31 Å². The van der Waals surface area contributed by atoms with Gasteiger partial charge in [-0.15, -0.1) is 0 Å². The van der Waals surface area contributed by atoms with Gasteiger partial charge in [-0.3, -0.25) is 13.9 Å². The third kappa shape index (κ3) is 7.73. The average Bonchev–Trinajstić information content (AvgIpc) is 2.94. The lowest BCUT2D eigenvalue weighted by Crippen LogP contribution is -2.51. The summed E-state index contributed by atoms with van der Waals surface area (Å²) in [7, 11) is -4.25. The maximum absolute atomic E-state index is 14.6. The Labute approximate surface area is 239 Å². The molecule has 8 nitrogen and oxygen atoms in total. The minimum atomic E-state index is -4.25. The summed E-state index contributed by atoms with van der Waals surface area (Å²) in [5.74, 6) is -1.13. The minimum absolute atomic E-state index is 0.0759. The molecule has 3 rings (SSSR count). The van der Waals surface area contributed by atoms with E-state index in [0.29, 0.717) is 30.3 Å². The van der Waals surface area contributed by atoms with Crippen molar-refractivity contribution in [3.63, 3.8) is 0 Å². The highest BCUT2D eigenvalue weighted by Crippen LogP contribution is 2.27. The Hall–Kier alpha value is -3.63. The van der Waals surface area contributed by atoms with E-state index in [1.165, 1.54) is 66.4 Å². The normalized spacial score (nSPS) is 11.9. The summed E-state index contributed by atoms with van der Waals surface area (Å²) in [5.41, 5.74) is 0.403. The summed E-state index contributed by atoms with van der Waals surface area (Å²) < 4.78 is 48.6. The first-order valence-electron chi connectivity index (χ1n) is 12.9. The largest absolute Gasteiger partial charge is 0.494 e. The van der Waals surface area contributed by atoms with Crippen LogP contribution in [0.15, 0.2) is 77.7 Å². The van der Waals surface area contributed by atoms with Crippen molar-refractivity contribution in [3.8, 4) is 5.75 Å². The molecule has 1 atom stereocenters. The molecule has 0 heterocycles.